The van der Waals surface area contributed by atoms with Gasteiger partial charge in [-0.15, -0.1) is 24.0 Å². The van der Waals surface area contributed by atoms with E-state index in [4.69, 9.17) is 9.73 Å². The van der Waals surface area contributed by atoms with Crippen molar-refractivity contribution in [1.29, 1.82) is 0 Å². The third kappa shape index (κ3) is 9.12. The molecule has 0 fully saturated rings. The van der Waals surface area contributed by atoms with Crippen molar-refractivity contribution in [3.05, 3.63) is 35.4 Å². The second-order valence-electron chi connectivity index (χ2n) is 5.70. The summed E-state index contributed by atoms with van der Waals surface area (Å²) in [6, 6.07) is 8.68. The number of aliphatic imine (C=N–C) groups is 1. The van der Waals surface area contributed by atoms with Crippen LogP contribution in [0.1, 0.15) is 25.0 Å². The summed E-state index contributed by atoms with van der Waals surface area (Å²) in [7, 11) is 5.87. The van der Waals surface area contributed by atoms with Gasteiger partial charge in [-0.1, -0.05) is 24.3 Å². The molecule has 0 amide bonds. The van der Waals surface area contributed by atoms with Crippen LogP contribution < -0.4 is 10.6 Å². The standard InChI is InChI=1S/C17H30N4O.HI/c1-6-18-17(20-14(2)13-22-5)19-11-15-9-7-8-10-16(15)12-21(3)4;/h7-10,14H,6,11-13H2,1-5H3,(H2,18,19,20);1H. The zero-order valence-corrected chi connectivity index (χ0v) is 17.3. The van der Waals surface area contributed by atoms with Crippen LogP contribution in [0.2, 0.25) is 0 Å². The average Bonchev–Trinajstić information content (AvgIpc) is 2.46. The largest absolute Gasteiger partial charge is 0.383 e. The van der Waals surface area contributed by atoms with Gasteiger partial charge in [0.2, 0.25) is 0 Å². The van der Waals surface area contributed by atoms with Gasteiger partial charge in [0, 0.05) is 26.2 Å². The highest BCUT2D eigenvalue weighted by molar-refractivity contribution is 14.0. The highest BCUT2D eigenvalue weighted by Gasteiger charge is 2.06. The Balaban J connectivity index is 0.00000484. The number of rotatable bonds is 8. The minimum Gasteiger partial charge on any atom is -0.383 e. The van der Waals surface area contributed by atoms with E-state index in [9.17, 15) is 0 Å². The molecule has 0 bridgehead atoms. The number of ether oxygens (including phenoxy) is 1. The molecule has 5 nitrogen and oxygen atoms in total. The van der Waals surface area contributed by atoms with Gasteiger partial charge in [-0.3, -0.25) is 0 Å². The third-order valence-electron chi connectivity index (χ3n) is 3.16. The average molecular weight is 434 g/mol. The van der Waals surface area contributed by atoms with Crippen molar-refractivity contribution in [2.75, 3.05) is 34.4 Å². The summed E-state index contributed by atoms with van der Waals surface area (Å²) in [6.07, 6.45) is 0. The molecule has 1 aromatic carbocycles. The van der Waals surface area contributed by atoms with Crippen LogP contribution in [0, 0.1) is 0 Å². The van der Waals surface area contributed by atoms with Crippen molar-refractivity contribution < 1.29 is 4.74 Å². The van der Waals surface area contributed by atoms with E-state index in [2.05, 4.69) is 67.7 Å². The van der Waals surface area contributed by atoms with Crippen LogP contribution in [0.25, 0.3) is 0 Å². The Morgan fingerprint density at radius 3 is 2.48 bits per heavy atom. The van der Waals surface area contributed by atoms with Gasteiger partial charge in [-0.2, -0.15) is 0 Å². The maximum absolute atomic E-state index is 5.16. The Kier molecular flexibility index (Phi) is 12.1. The van der Waals surface area contributed by atoms with E-state index >= 15 is 0 Å². The summed E-state index contributed by atoms with van der Waals surface area (Å²) < 4.78 is 5.16. The number of guanidine groups is 1. The van der Waals surface area contributed by atoms with Crippen molar-refractivity contribution in [3.63, 3.8) is 0 Å². The lowest BCUT2D eigenvalue weighted by atomic mass is 10.1. The molecule has 23 heavy (non-hydrogen) atoms. The molecule has 1 rings (SSSR count). The SMILES string of the molecule is CCNC(=NCc1ccccc1CN(C)C)NC(C)COC.I. The highest BCUT2D eigenvalue weighted by atomic mass is 127. The van der Waals surface area contributed by atoms with Crippen LogP contribution in [0.3, 0.4) is 0 Å². The maximum Gasteiger partial charge on any atom is 0.191 e. The lowest BCUT2D eigenvalue weighted by Gasteiger charge is -2.17. The lowest BCUT2D eigenvalue weighted by molar-refractivity contribution is 0.179. The molecule has 0 heterocycles. The number of nitrogens with zero attached hydrogens (tertiary/aromatic N) is 2. The Morgan fingerprint density at radius 2 is 1.91 bits per heavy atom. The quantitative estimate of drug-likeness (QED) is 0.375. The zero-order chi connectivity index (χ0) is 16.4. The fraction of sp³-hybridized carbons (Fsp3) is 0.588. The summed E-state index contributed by atoms with van der Waals surface area (Å²) in [5, 5.41) is 6.63. The fourth-order valence-corrected chi connectivity index (χ4v) is 2.22. The molecule has 0 aliphatic rings. The number of nitrogens with one attached hydrogen (secondary N) is 2. The monoisotopic (exact) mass is 434 g/mol. The first-order valence-electron chi connectivity index (χ1n) is 7.82. The molecule has 0 spiro atoms. The van der Waals surface area contributed by atoms with Crippen molar-refractivity contribution in [1.82, 2.24) is 15.5 Å². The molecule has 0 saturated carbocycles. The van der Waals surface area contributed by atoms with Gasteiger partial charge in [0.1, 0.15) is 0 Å². The van der Waals surface area contributed by atoms with Gasteiger partial charge in [0.15, 0.2) is 5.96 Å². The first kappa shape index (κ1) is 22.1. The molecule has 0 radical (unpaired) electrons. The molecule has 6 heteroatoms. The molecule has 1 atom stereocenters. The number of hydrogen-bond donors (Lipinski definition) is 2. The summed E-state index contributed by atoms with van der Waals surface area (Å²) >= 11 is 0. The predicted molar refractivity (Wildman–Crippen MR) is 109 cm³/mol. The molecule has 0 aromatic heterocycles. The smallest absolute Gasteiger partial charge is 0.191 e. The van der Waals surface area contributed by atoms with Gasteiger partial charge >= 0.3 is 0 Å². The Hall–Kier alpha value is -0.860. The van der Waals surface area contributed by atoms with Crippen molar-refractivity contribution in [2.45, 2.75) is 33.0 Å². The normalized spacial score (nSPS) is 12.7. The van der Waals surface area contributed by atoms with Gasteiger partial charge < -0.3 is 20.3 Å². The second-order valence-corrected chi connectivity index (χ2v) is 5.70. The maximum atomic E-state index is 5.16. The van der Waals surface area contributed by atoms with Gasteiger partial charge in [-0.05, 0) is 39.1 Å². The van der Waals surface area contributed by atoms with Crippen molar-refractivity contribution in [3.8, 4) is 0 Å². The molecule has 132 valence electrons. The molecular weight excluding hydrogens is 403 g/mol. The Morgan fingerprint density at radius 1 is 1.26 bits per heavy atom. The minimum atomic E-state index is 0. The van der Waals surface area contributed by atoms with Gasteiger partial charge in [0.25, 0.3) is 0 Å². The van der Waals surface area contributed by atoms with Gasteiger partial charge in [0.05, 0.1) is 13.2 Å². The van der Waals surface area contributed by atoms with Crippen LogP contribution in [0.5, 0.6) is 0 Å². The van der Waals surface area contributed by atoms with Crippen LogP contribution >= 0.6 is 24.0 Å². The van der Waals surface area contributed by atoms with E-state index in [-0.39, 0.29) is 30.0 Å². The number of methoxy groups -OCH3 is 1. The molecular formula is C17H31IN4O. The number of halogens is 1. The third-order valence-corrected chi connectivity index (χ3v) is 3.16. The molecule has 1 aromatic rings. The predicted octanol–water partition coefficient (Wildman–Crippen LogP) is 2.46. The summed E-state index contributed by atoms with van der Waals surface area (Å²) in [5.74, 6) is 0.826. The van der Waals surface area contributed by atoms with Crippen molar-refractivity contribution >= 4 is 29.9 Å². The van der Waals surface area contributed by atoms with E-state index in [1.165, 1.54) is 11.1 Å². The molecule has 0 aliphatic heterocycles. The Bertz CT molecular complexity index is 466. The first-order chi connectivity index (χ1) is 10.6. The first-order valence-corrected chi connectivity index (χ1v) is 7.82. The van der Waals surface area contributed by atoms with E-state index in [0.29, 0.717) is 13.2 Å². The highest BCUT2D eigenvalue weighted by Crippen LogP contribution is 2.11. The summed E-state index contributed by atoms with van der Waals surface area (Å²) in [5.41, 5.74) is 2.57. The lowest BCUT2D eigenvalue weighted by Crippen LogP contribution is -2.43. The number of hydrogen-bond acceptors (Lipinski definition) is 3. The van der Waals surface area contributed by atoms with E-state index in [1.807, 2.05) is 0 Å². The van der Waals surface area contributed by atoms with Crippen LogP contribution in [-0.2, 0) is 17.8 Å². The van der Waals surface area contributed by atoms with E-state index in [1.54, 1.807) is 7.11 Å². The minimum absolute atomic E-state index is 0. The Labute approximate surface area is 157 Å². The van der Waals surface area contributed by atoms with Crippen LogP contribution in [0.4, 0.5) is 0 Å². The molecule has 1 unspecified atom stereocenters. The fourth-order valence-electron chi connectivity index (χ4n) is 2.22. The van der Waals surface area contributed by atoms with Crippen molar-refractivity contribution in [2.24, 2.45) is 4.99 Å². The summed E-state index contributed by atoms with van der Waals surface area (Å²) in [4.78, 5) is 6.87. The topological polar surface area (TPSA) is 48.9 Å². The second kappa shape index (κ2) is 12.5. The van der Waals surface area contributed by atoms with E-state index in [0.717, 1.165) is 19.0 Å². The van der Waals surface area contributed by atoms with E-state index < -0.39 is 0 Å². The van der Waals surface area contributed by atoms with Crippen LogP contribution in [-0.4, -0.2) is 51.3 Å². The molecule has 0 saturated heterocycles. The van der Waals surface area contributed by atoms with Crippen LogP contribution in [0.15, 0.2) is 29.3 Å². The zero-order valence-electron chi connectivity index (χ0n) is 14.9. The molecule has 2 N–H and O–H groups in total. The summed E-state index contributed by atoms with van der Waals surface area (Å²) in [6.45, 7) is 7.23. The number of benzene rings is 1. The van der Waals surface area contributed by atoms with Gasteiger partial charge in [-0.25, -0.2) is 4.99 Å². The molecule has 0 aliphatic carbocycles.